The molecule has 0 atom stereocenters. The van der Waals surface area contributed by atoms with Crippen molar-refractivity contribution in [2.45, 2.75) is 58.7 Å². The summed E-state index contributed by atoms with van der Waals surface area (Å²) in [6.07, 6.45) is 0. The molecule has 0 aliphatic rings. The Morgan fingerprint density at radius 1 is 0.955 bits per heavy atom. The monoisotopic (exact) mass is 420 g/mol. The van der Waals surface area contributed by atoms with Crippen LogP contribution in [0.4, 0.5) is 0 Å². The van der Waals surface area contributed by atoms with E-state index in [0.717, 1.165) is 0 Å². The summed E-state index contributed by atoms with van der Waals surface area (Å²) in [4.78, 5) is 24.8. The van der Waals surface area contributed by atoms with Crippen LogP contribution in [0.1, 0.15) is 53.2 Å². The minimum Gasteiger partial charge on any atom is -0.459 e. The summed E-state index contributed by atoms with van der Waals surface area (Å²) in [5, 5.41) is 7.80. The van der Waals surface area contributed by atoms with Gasteiger partial charge in [-0.1, -0.05) is 0 Å². The Balaban J connectivity index is 3.12. The standard InChI is InChI=1S/C15H21IN2O4/c1-14(2,3)21-12(19)11(13(20)22-15(4,5)6)9-7-8-10(16)18-17-9/h7-8,11H,1-6H3. The van der Waals surface area contributed by atoms with Gasteiger partial charge in [0.2, 0.25) is 0 Å². The molecule has 1 rings (SSSR count). The maximum atomic E-state index is 12.4. The first kappa shape index (κ1) is 18.8. The van der Waals surface area contributed by atoms with Gasteiger partial charge in [-0.15, -0.1) is 5.10 Å². The van der Waals surface area contributed by atoms with Crippen molar-refractivity contribution in [3.8, 4) is 0 Å². The van der Waals surface area contributed by atoms with Crippen LogP contribution in [0.25, 0.3) is 0 Å². The number of halogens is 1. The van der Waals surface area contributed by atoms with Crippen LogP contribution in [0.2, 0.25) is 0 Å². The molecule has 0 saturated carbocycles. The summed E-state index contributed by atoms with van der Waals surface area (Å²) in [7, 11) is 0. The van der Waals surface area contributed by atoms with E-state index >= 15 is 0 Å². The average molecular weight is 420 g/mol. The third-order valence-corrected chi connectivity index (χ3v) is 2.81. The molecule has 122 valence electrons. The highest BCUT2D eigenvalue weighted by molar-refractivity contribution is 14.1. The number of ether oxygens (including phenoxy) is 2. The second-order valence-electron chi connectivity index (χ2n) is 6.78. The number of esters is 2. The molecule has 0 aromatic carbocycles. The van der Waals surface area contributed by atoms with Crippen LogP contribution in [-0.2, 0) is 19.1 Å². The van der Waals surface area contributed by atoms with Gasteiger partial charge in [0.25, 0.3) is 0 Å². The SMILES string of the molecule is CC(C)(C)OC(=O)C(C(=O)OC(C)(C)C)c1ccc(I)nn1. The fourth-order valence-corrected chi connectivity index (χ4v) is 1.83. The van der Waals surface area contributed by atoms with Crippen molar-refractivity contribution < 1.29 is 19.1 Å². The molecular weight excluding hydrogens is 399 g/mol. The molecule has 1 aromatic heterocycles. The summed E-state index contributed by atoms with van der Waals surface area (Å²) in [6.45, 7) is 10.4. The van der Waals surface area contributed by atoms with Gasteiger partial charge < -0.3 is 9.47 Å². The van der Waals surface area contributed by atoms with Crippen molar-refractivity contribution in [2.75, 3.05) is 0 Å². The van der Waals surface area contributed by atoms with Crippen LogP contribution in [0, 0.1) is 3.70 Å². The van der Waals surface area contributed by atoms with Gasteiger partial charge in [0.15, 0.2) is 5.92 Å². The number of rotatable bonds is 3. The zero-order valence-corrected chi connectivity index (χ0v) is 15.8. The van der Waals surface area contributed by atoms with Crippen molar-refractivity contribution in [1.29, 1.82) is 0 Å². The summed E-state index contributed by atoms with van der Waals surface area (Å²) in [5.74, 6) is -2.64. The van der Waals surface area contributed by atoms with E-state index in [-0.39, 0.29) is 5.69 Å². The lowest BCUT2D eigenvalue weighted by Gasteiger charge is -2.25. The molecule has 0 N–H and O–H groups in total. The van der Waals surface area contributed by atoms with Gasteiger partial charge in [-0.05, 0) is 76.3 Å². The largest absolute Gasteiger partial charge is 0.459 e. The minimum atomic E-state index is -1.25. The van der Waals surface area contributed by atoms with E-state index in [2.05, 4.69) is 10.2 Å². The molecule has 0 spiro atoms. The number of hydrogen-bond donors (Lipinski definition) is 0. The third kappa shape index (κ3) is 6.25. The fraction of sp³-hybridized carbons (Fsp3) is 0.600. The van der Waals surface area contributed by atoms with E-state index in [1.807, 2.05) is 22.6 Å². The number of hydrogen-bond acceptors (Lipinski definition) is 6. The summed E-state index contributed by atoms with van der Waals surface area (Å²) < 4.78 is 11.3. The average Bonchev–Trinajstić information content (AvgIpc) is 2.27. The van der Waals surface area contributed by atoms with Crippen molar-refractivity contribution >= 4 is 34.5 Å². The van der Waals surface area contributed by atoms with Gasteiger partial charge in [0, 0.05) is 0 Å². The molecule has 0 unspecified atom stereocenters. The predicted molar refractivity (Wildman–Crippen MR) is 89.2 cm³/mol. The molecule has 0 bridgehead atoms. The molecule has 0 radical (unpaired) electrons. The lowest BCUT2D eigenvalue weighted by atomic mass is 10.0. The Labute approximate surface area is 144 Å². The van der Waals surface area contributed by atoms with Crippen LogP contribution in [0.3, 0.4) is 0 Å². The van der Waals surface area contributed by atoms with E-state index in [1.165, 1.54) is 0 Å². The molecule has 0 saturated heterocycles. The molecule has 0 amide bonds. The highest BCUT2D eigenvalue weighted by atomic mass is 127. The molecule has 1 aromatic rings. The first-order valence-corrected chi connectivity index (χ1v) is 7.92. The first-order chi connectivity index (χ1) is 9.89. The lowest BCUT2D eigenvalue weighted by Crippen LogP contribution is -2.36. The second-order valence-corrected chi connectivity index (χ2v) is 7.89. The number of carbonyl (C=O) groups excluding carboxylic acids is 2. The Morgan fingerprint density at radius 2 is 1.41 bits per heavy atom. The van der Waals surface area contributed by atoms with Gasteiger partial charge in [0.05, 0.1) is 5.69 Å². The van der Waals surface area contributed by atoms with E-state index in [9.17, 15) is 9.59 Å². The molecule has 7 heteroatoms. The van der Waals surface area contributed by atoms with E-state index in [1.54, 1.807) is 53.7 Å². The van der Waals surface area contributed by atoms with E-state index in [0.29, 0.717) is 3.70 Å². The Bertz CT molecular complexity index is 516. The highest BCUT2D eigenvalue weighted by Gasteiger charge is 2.37. The normalized spacial score (nSPS) is 12.2. The van der Waals surface area contributed by atoms with Crippen LogP contribution >= 0.6 is 22.6 Å². The molecular formula is C15H21IN2O4. The van der Waals surface area contributed by atoms with Gasteiger partial charge in [-0.2, -0.15) is 5.10 Å². The van der Waals surface area contributed by atoms with Crippen LogP contribution in [-0.4, -0.2) is 33.3 Å². The van der Waals surface area contributed by atoms with Gasteiger partial charge in [-0.3, -0.25) is 9.59 Å². The Morgan fingerprint density at radius 3 is 1.73 bits per heavy atom. The van der Waals surface area contributed by atoms with Crippen LogP contribution in [0.15, 0.2) is 12.1 Å². The number of carbonyl (C=O) groups is 2. The number of aromatic nitrogens is 2. The maximum Gasteiger partial charge on any atom is 0.327 e. The quantitative estimate of drug-likeness (QED) is 0.425. The maximum absolute atomic E-state index is 12.4. The topological polar surface area (TPSA) is 78.4 Å². The summed E-state index contributed by atoms with van der Waals surface area (Å²) in [5.41, 5.74) is -1.22. The molecule has 0 aliphatic carbocycles. The lowest BCUT2D eigenvalue weighted by molar-refractivity contribution is -0.169. The van der Waals surface area contributed by atoms with Crippen molar-refractivity contribution in [3.05, 3.63) is 21.5 Å². The van der Waals surface area contributed by atoms with Crippen LogP contribution in [0.5, 0.6) is 0 Å². The predicted octanol–water partition coefficient (Wildman–Crippen LogP) is 2.85. The molecule has 0 fully saturated rings. The van der Waals surface area contributed by atoms with Gasteiger partial charge in [0.1, 0.15) is 14.9 Å². The zero-order chi connectivity index (χ0) is 17.1. The summed E-state index contributed by atoms with van der Waals surface area (Å²) in [6, 6.07) is 3.25. The Hall–Kier alpha value is -1.25. The highest BCUT2D eigenvalue weighted by Crippen LogP contribution is 2.23. The number of nitrogens with zero attached hydrogens (tertiary/aromatic N) is 2. The molecule has 1 heterocycles. The zero-order valence-electron chi connectivity index (χ0n) is 13.6. The molecule has 22 heavy (non-hydrogen) atoms. The first-order valence-electron chi connectivity index (χ1n) is 6.84. The van der Waals surface area contributed by atoms with Crippen molar-refractivity contribution in [1.82, 2.24) is 10.2 Å². The molecule has 0 aliphatic heterocycles. The van der Waals surface area contributed by atoms with E-state index in [4.69, 9.17) is 9.47 Å². The fourth-order valence-electron chi connectivity index (χ4n) is 1.54. The van der Waals surface area contributed by atoms with Crippen LogP contribution < -0.4 is 0 Å². The smallest absolute Gasteiger partial charge is 0.327 e. The summed E-state index contributed by atoms with van der Waals surface area (Å²) >= 11 is 1.99. The van der Waals surface area contributed by atoms with Crippen molar-refractivity contribution in [3.63, 3.8) is 0 Å². The second kappa shape index (κ2) is 6.89. The third-order valence-electron chi connectivity index (χ3n) is 2.23. The minimum absolute atomic E-state index is 0.212. The molecule has 6 nitrogen and oxygen atoms in total. The van der Waals surface area contributed by atoms with E-state index < -0.39 is 29.1 Å². The van der Waals surface area contributed by atoms with Gasteiger partial charge in [-0.25, -0.2) is 0 Å². The Kier molecular flexibility index (Phi) is 5.89. The van der Waals surface area contributed by atoms with Crippen molar-refractivity contribution in [2.24, 2.45) is 0 Å². The van der Waals surface area contributed by atoms with Gasteiger partial charge >= 0.3 is 11.9 Å².